The molecule has 0 saturated carbocycles. The Morgan fingerprint density at radius 2 is 1.48 bits per heavy atom. The normalized spacial score (nSPS) is 19.7. The van der Waals surface area contributed by atoms with Crippen molar-refractivity contribution in [2.45, 2.75) is 88.6 Å². The number of hydrogen-bond acceptors (Lipinski definition) is 9. The van der Waals surface area contributed by atoms with Crippen LogP contribution in [0.5, 0.6) is 0 Å². The van der Waals surface area contributed by atoms with E-state index in [1.54, 1.807) is 12.1 Å². The first kappa shape index (κ1) is 43.6. The van der Waals surface area contributed by atoms with E-state index in [1.807, 2.05) is 78.9 Å². The van der Waals surface area contributed by atoms with Gasteiger partial charge in [0.15, 0.2) is 6.29 Å². The van der Waals surface area contributed by atoms with Gasteiger partial charge in [-0.25, -0.2) is 0 Å². The van der Waals surface area contributed by atoms with Crippen LogP contribution in [-0.2, 0) is 37.0 Å². The molecule has 12 heteroatoms. The fourth-order valence-corrected chi connectivity index (χ4v) is 9.05. The molecule has 3 fully saturated rings. The topological polar surface area (TPSA) is 158 Å². The molecule has 5 aromatic carbocycles. The highest BCUT2D eigenvalue weighted by atomic mass is 16.7. The van der Waals surface area contributed by atoms with E-state index in [4.69, 9.17) is 15.2 Å². The summed E-state index contributed by atoms with van der Waals surface area (Å²) in [4.78, 5) is 43.1. The van der Waals surface area contributed by atoms with Gasteiger partial charge in [-0.05, 0) is 89.9 Å². The number of likely N-dealkylation sites (tertiary alicyclic amines) is 1. The number of rotatable bonds is 16. The third kappa shape index (κ3) is 10.8. The largest absolute Gasteiger partial charge is 0.397 e. The van der Waals surface area contributed by atoms with Crippen molar-refractivity contribution < 1.29 is 29.0 Å². The fraction of sp³-hybridized carbons (Fsp3) is 0.353. The van der Waals surface area contributed by atoms with Gasteiger partial charge in [-0.15, -0.1) is 0 Å². The van der Waals surface area contributed by atoms with E-state index in [9.17, 15) is 19.5 Å². The predicted molar refractivity (Wildman–Crippen MR) is 245 cm³/mol. The molecule has 0 bridgehead atoms. The van der Waals surface area contributed by atoms with Crippen molar-refractivity contribution in [2.75, 3.05) is 42.3 Å². The number of unbranched alkanes of at least 4 members (excludes halogenated alkanes) is 2. The van der Waals surface area contributed by atoms with Crippen LogP contribution in [0.1, 0.15) is 86.0 Å². The second-order valence-corrected chi connectivity index (χ2v) is 16.9. The zero-order valence-corrected chi connectivity index (χ0v) is 35.7. The number of amides is 3. The Morgan fingerprint density at radius 3 is 2.24 bits per heavy atom. The van der Waals surface area contributed by atoms with E-state index in [1.165, 1.54) is 0 Å². The molecule has 8 rings (SSSR count). The number of anilines is 3. The maximum absolute atomic E-state index is 13.3. The second kappa shape index (κ2) is 20.4. The van der Waals surface area contributed by atoms with Crippen molar-refractivity contribution in [3.05, 3.63) is 150 Å². The minimum atomic E-state index is -0.615. The number of aliphatic hydroxyl groups excluding tert-OH is 1. The SMILES string of the molecule is Nc1ccccc1NC(=O)CCCCCC(=O)NCc1cccc(-c2cccc([C@H]3O[C@@H](CN4CCC5(CC4)C(=O)NCN5c4ccccc4)C[C@@H](c4ccc(CO)cc4)O3)c2)c1. The first-order valence-corrected chi connectivity index (χ1v) is 22.2. The number of nitrogens with one attached hydrogen (secondary N) is 3. The van der Waals surface area contributed by atoms with E-state index in [-0.39, 0.29) is 36.5 Å². The molecule has 3 saturated heterocycles. The lowest BCUT2D eigenvalue weighted by atomic mass is 9.85. The Morgan fingerprint density at radius 1 is 0.762 bits per heavy atom. The Balaban J connectivity index is 0.874. The van der Waals surface area contributed by atoms with Gasteiger partial charge < -0.3 is 46.1 Å². The molecule has 3 atom stereocenters. The van der Waals surface area contributed by atoms with Crippen molar-refractivity contribution >= 4 is 34.8 Å². The molecule has 0 radical (unpaired) electrons. The molecular weight excluding hydrogens is 793 g/mol. The Bertz CT molecular complexity index is 2330. The molecule has 3 aliphatic heterocycles. The average molecular weight is 851 g/mol. The zero-order chi connectivity index (χ0) is 43.6. The van der Waals surface area contributed by atoms with Gasteiger partial charge in [0.05, 0.1) is 36.9 Å². The summed E-state index contributed by atoms with van der Waals surface area (Å²) in [6.45, 7) is 3.16. The summed E-state index contributed by atoms with van der Waals surface area (Å²) < 4.78 is 13.5. The maximum Gasteiger partial charge on any atom is 0.247 e. The Hall–Kier alpha value is -6.05. The van der Waals surface area contributed by atoms with E-state index in [0.717, 1.165) is 71.4 Å². The average Bonchev–Trinajstić information content (AvgIpc) is 3.63. The number of piperidine rings is 1. The smallest absolute Gasteiger partial charge is 0.247 e. The number of carbonyl (C=O) groups excluding carboxylic acids is 3. The monoisotopic (exact) mass is 850 g/mol. The second-order valence-electron chi connectivity index (χ2n) is 16.9. The highest BCUT2D eigenvalue weighted by molar-refractivity contribution is 5.94. The highest BCUT2D eigenvalue weighted by Gasteiger charge is 2.50. The molecule has 63 heavy (non-hydrogen) atoms. The van der Waals surface area contributed by atoms with Crippen molar-refractivity contribution in [1.82, 2.24) is 15.5 Å². The fourth-order valence-electron chi connectivity index (χ4n) is 9.05. The molecule has 12 nitrogen and oxygen atoms in total. The minimum absolute atomic E-state index is 0.0205. The minimum Gasteiger partial charge on any atom is -0.397 e. The zero-order valence-electron chi connectivity index (χ0n) is 35.7. The molecule has 328 valence electrons. The summed E-state index contributed by atoms with van der Waals surface area (Å²) in [5, 5.41) is 18.7. The summed E-state index contributed by atoms with van der Waals surface area (Å²) in [6.07, 6.45) is 4.10. The number of nitrogen functional groups attached to an aromatic ring is 1. The summed E-state index contributed by atoms with van der Waals surface area (Å²) in [6, 6.07) is 41.8. The van der Waals surface area contributed by atoms with Crippen LogP contribution in [0.4, 0.5) is 17.1 Å². The first-order chi connectivity index (χ1) is 30.8. The Kier molecular flexibility index (Phi) is 14.1. The first-order valence-electron chi connectivity index (χ1n) is 22.2. The van der Waals surface area contributed by atoms with E-state index < -0.39 is 11.8 Å². The van der Waals surface area contributed by atoms with Crippen molar-refractivity contribution in [3.8, 4) is 11.1 Å². The molecule has 3 heterocycles. The molecule has 5 aromatic rings. The van der Waals surface area contributed by atoms with Gasteiger partial charge in [-0.1, -0.05) is 97.4 Å². The van der Waals surface area contributed by atoms with Crippen LogP contribution in [0.25, 0.3) is 11.1 Å². The summed E-state index contributed by atoms with van der Waals surface area (Å²) >= 11 is 0. The van der Waals surface area contributed by atoms with Crippen LogP contribution in [0, 0.1) is 0 Å². The molecule has 0 unspecified atom stereocenters. The maximum atomic E-state index is 13.3. The number of aliphatic hydroxyl groups is 1. The van der Waals surface area contributed by atoms with Crippen LogP contribution in [0.15, 0.2) is 127 Å². The highest BCUT2D eigenvalue weighted by Crippen LogP contribution is 2.41. The lowest BCUT2D eigenvalue weighted by molar-refractivity contribution is -0.253. The number of benzene rings is 5. The number of nitrogens with two attached hydrogens (primary N) is 1. The lowest BCUT2D eigenvalue weighted by Gasteiger charge is -2.45. The van der Waals surface area contributed by atoms with Crippen LogP contribution in [0.2, 0.25) is 0 Å². The third-order valence-electron chi connectivity index (χ3n) is 12.6. The van der Waals surface area contributed by atoms with Crippen LogP contribution >= 0.6 is 0 Å². The van der Waals surface area contributed by atoms with Crippen molar-refractivity contribution in [1.29, 1.82) is 0 Å². The van der Waals surface area contributed by atoms with Gasteiger partial charge in [-0.3, -0.25) is 14.4 Å². The molecule has 1 spiro atoms. The molecular formula is C51H58N6O6. The van der Waals surface area contributed by atoms with Crippen LogP contribution in [-0.4, -0.2) is 65.7 Å². The third-order valence-corrected chi connectivity index (χ3v) is 12.6. The summed E-state index contributed by atoms with van der Waals surface area (Å²) in [5.74, 6) is 0.000454. The summed E-state index contributed by atoms with van der Waals surface area (Å²) in [7, 11) is 0. The van der Waals surface area contributed by atoms with Crippen molar-refractivity contribution in [3.63, 3.8) is 0 Å². The number of hydrogen-bond donors (Lipinski definition) is 5. The van der Waals surface area contributed by atoms with E-state index >= 15 is 0 Å². The quantitative estimate of drug-likeness (QED) is 0.0498. The molecule has 6 N–H and O–H groups in total. The molecule has 3 amide bonds. The Labute approximate surface area is 369 Å². The van der Waals surface area contributed by atoms with Gasteiger partial charge in [-0.2, -0.15) is 0 Å². The predicted octanol–water partition coefficient (Wildman–Crippen LogP) is 7.61. The number of para-hydroxylation sites is 3. The summed E-state index contributed by atoms with van der Waals surface area (Å²) in [5.41, 5.74) is 13.4. The van der Waals surface area contributed by atoms with Crippen LogP contribution in [0.3, 0.4) is 0 Å². The van der Waals surface area contributed by atoms with Crippen molar-refractivity contribution in [2.24, 2.45) is 0 Å². The van der Waals surface area contributed by atoms with Gasteiger partial charge in [0.1, 0.15) is 5.54 Å². The molecule has 0 aliphatic carbocycles. The molecule has 3 aliphatic rings. The number of ether oxygens (including phenoxy) is 2. The standard InChI is InChI=1S/C51H58N6O6/c52-44-17-7-8-18-45(44)55-48(60)20-6-2-5-19-47(59)53-32-37-11-9-12-39(29-37)40-13-10-14-41(30-40)49-62-43(31-46(63-49)38-23-21-36(34-58)22-24-38)33-56-27-25-51(26-28-56)50(61)54-35-57(51)42-15-3-1-4-16-42/h1,3-4,7-18,21-24,29-30,43,46,49,58H,2,5-6,19-20,25-28,31-35,52H2,(H,53,59)(H,54,61)(H,55,60)/t43-,46+,49+/m1/s1. The van der Waals surface area contributed by atoms with E-state index in [2.05, 4.69) is 62.1 Å². The van der Waals surface area contributed by atoms with Gasteiger partial charge in [0.25, 0.3) is 0 Å². The molecule has 0 aromatic heterocycles. The van der Waals surface area contributed by atoms with Gasteiger partial charge in [0.2, 0.25) is 17.7 Å². The van der Waals surface area contributed by atoms with E-state index in [0.29, 0.717) is 63.2 Å². The van der Waals surface area contributed by atoms with Gasteiger partial charge in [0, 0.05) is 56.7 Å². The lowest BCUT2D eigenvalue weighted by Crippen LogP contribution is -2.57. The van der Waals surface area contributed by atoms with Crippen LogP contribution < -0.4 is 26.6 Å². The number of carbonyl (C=O) groups is 3. The number of nitrogens with zero attached hydrogens (tertiary/aromatic N) is 2. The van der Waals surface area contributed by atoms with Gasteiger partial charge >= 0.3 is 0 Å².